The van der Waals surface area contributed by atoms with Crippen LogP contribution in [-0.4, -0.2) is 84.8 Å². The number of hydrogen-bond donors (Lipinski definition) is 3. The van der Waals surface area contributed by atoms with Crippen LogP contribution >= 0.6 is 0 Å². The topological polar surface area (TPSA) is 157 Å². The summed E-state index contributed by atoms with van der Waals surface area (Å²) in [4.78, 5) is 53.0. The Hall–Kier alpha value is -3.74. The minimum Gasteiger partial charge on any atom is -0.460 e. The minimum atomic E-state index is -2.95. The molecule has 10 nitrogen and oxygen atoms in total. The molecule has 0 saturated heterocycles. The van der Waals surface area contributed by atoms with Crippen LogP contribution in [0, 0.1) is 68.0 Å². The fraction of sp³-hybridized carbons (Fsp3) is 0.667. The van der Waals surface area contributed by atoms with Gasteiger partial charge in [0.15, 0.2) is 0 Å². The Morgan fingerprint density at radius 1 is 0.662 bits per heavy atom. The highest BCUT2D eigenvalue weighted by molar-refractivity contribution is 6.99. The molecule has 4 bridgehead atoms. The van der Waals surface area contributed by atoms with Gasteiger partial charge < -0.3 is 29.2 Å². The molecule has 0 amide bonds. The van der Waals surface area contributed by atoms with Crippen molar-refractivity contribution in [1.82, 2.24) is 0 Å². The third-order valence-corrected chi connectivity index (χ3v) is 26.1. The molecule has 2 unspecified atom stereocenters. The van der Waals surface area contributed by atoms with E-state index in [1.54, 1.807) is 6.08 Å². The predicted molar refractivity (Wildman–Crippen MR) is 280 cm³/mol. The number of hydrogen-bond acceptors (Lipinski definition) is 10. The summed E-state index contributed by atoms with van der Waals surface area (Å²) in [5.41, 5.74) is -2.97. The first-order valence-electron chi connectivity index (χ1n) is 26.7. The Labute approximate surface area is 425 Å². The lowest BCUT2D eigenvalue weighted by atomic mass is 9.44. The second-order valence-electron chi connectivity index (χ2n) is 25.2. The first kappa shape index (κ1) is 55.0. The molecule has 6 aliphatic carbocycles. The zero-order chi connectivity index (χ0) is 52.3. The van der Waals surface area contributed by atoms with E-state index in [-0.39, 0.29) is 69.5 Å². The van der Waals surface area contributed by atoms with Gasteiger partial charge in [-0.05, 0) is 101 Å². The highest BCUT2D eigenvalue weighted by Crippen LogP contribution is 2.69. The van der Waals surface area contributed by atoms with Crippen LogP contribution in [0.4, 0.5) is 0 Å². The Morgan fingerprint density at radius 3 is 1.39 bits per heavy atom. The summed E-state index contributed by atoms with van der Waals surface area (Å²) >= 11 is 0. The summed E-state index contributed by atoms with van der Waals surface area (Å²) in [6.45, 7) is 30.6. The summed E-state index contributed by atoms with van der Waals surface area (Å²) < 4.78 is 19.3. The lowest BCUT2D eigenvalue weighted by Gasteiger charge is -2.61. The third kappa shape index (κ3) is 8.71. The Morgan fingerprint density at radius 2 is 1.04 bits per heavy atom. The maximum absolute atomic E-state index is 14.1. The van der Waals surface area contributed by atoms with Crippen molar-refractivity contribution in [3.05, 3.63) is 86.0 Å². The summed E-state index contributed by atoms with van der Waals surface area (Å²) in [5.74, 6) is -0.836. The summed E-state index contributed by atoms with van der Waals surface area (Å²) in [6.07, 6.45) is 8.24. The van der Waals surface area contributed by atoms with Crippen LogP contribution in [0.5, 0.6) is 0 Å². The highest BCUT2D eigenvalue weighted by Gasteiger charge is 2.70. The van der Waals surface area contributed by atoms with Crippen molar-refractivity contribution in [2.45, 2.75) is 170 Å². The van der Waals surface area contributed by atoms with Crippen LogP contribution in [0.3, 0.4) is 0 Å². The highest BCUT2D eigenvalue weighted by atomic mass is 28.4. The molecular formula is C60H86O10Si. The molecule has 0 heterocycles. The molecule has 390 valence electrons. The molecular weight excluding hydrogens is 909 g/mol. The molecule has 2 aromatic rings. The van der Waals surface area contributed by atoms with Crippen molar-refractivity contribution >= 4 is 42.2 Å². The van der Waals surface area contributed by atoms with Gasteiger partial charge in [-0.25, -0.2) is 9.59 Å². The van der Waals surface area contributed by atoms with Crippen LogP contribution in [-0.2, 0) is 33.1 Å². The molecule has 0 aromatic heterocycles. The van der Waals surface area contributed by atoms with E-state index in [9.17, 15) is 34.5 Å². The van der Waals surface area contributed by atoms with Crippen molar-refractivity contribution in [2.75, 3.05) is 13.2 Å². The van der Waals surface area contributed by atoms with Gasteiger partial charge in [-0.3, -0.25) is 9.59 Å². The largest absolute Gasteiger partial charge is 0.460 e. The van der Waals surface area contributed by atoms with Gasteiger partial charge in [0.2, 0.25) is 0 Å². The second-order valence-corrected chi connectivity index (χ2v) is 29.5. The molecule has 3 N–H and O–H groups in total. The average Bonchev–Trinajstić information content (AvgIpc) is 3.90. The monoisotopic (exact) mass is 995 g/mol. The third-order valence-electron chi connectivity index (χ3n) is 21.1. The summed E-state index contributed by atoms with van der Waals surface area (Å²) in [5, 5.41) is 34.4. The molecule has 0 radical (unpaired) electrons. The number of esters is 2. The van der Waals surface area contributed by atoms with E-state index in [2.05, 4.69) is 99.7 Å². The van der Waals surface area contributed by atoms with Crippen molar-refractivity contribution < 1.29 is 48.4 Å². The molecule has 16 atom stereocenters. The maximum atomic E-state index is 14.1. The number of carbonyl (C=O) groups excluding carboxylic acids is 4. The van der Waals surface area contributed by atoms with Gasteiger partial charge >= 0.3 is 11.9 Å². The van der Waals surface area contributed by atoms with E-state index in [0.717, 1.165) is 48.9 Å². The van der Waals surface area contributed by atoms with Gasteiger partial charge in [0, 0.05) is 46.3 Å². The quantitative estimate of drug-likeness (QED) is 0.119. The van der Waals surface area contributed by atoms with Crippen LogP contribution in [0.25, 0.3) is 0 Å². The van der Waals surface area contributed by atoms with E-state index < -0.39 is 72.9 Å². The van der Waals surface area contributed by atoms with Crippen LogP contribution in [0.15, 0.2) is 86.0 Å². The van der Waals surface area contributed by atoms with Gasteiger partial charge in [-0.15, -0.1) is 13.2 Å². The number of Topliss-reactive ketones (excluding diaryl/α,β-unsaturated/α-hetero) is 2. The van der Waals surface area contributed by atoms with Crippen molar-refractivity contribution in [2.24, 2.45) is 68.0 Å². The van der Waals surface area contributed by atoms with Crippen LogP contribution in [0.1, 0.15) is 140 Å². The van der Waals surface area contributed by atoms with Crippen LogP contribution < -0.4 is 10.4 Å². The number of benzene rings is 2. The number of rotatable bonds is 10. The van der Waals surface area contributed by atoms with E-state index in [0.29, 0.717) is 25.7 Å². The van der Waals surface area contributed by atoms with E-state index in [1.807, 2.05) is 56.3 Å². The molecule has 6 aliphatic rings. The molecule has 6 fully saturated rings. The number of aliphatic hydroxyl groups excluding tert-OH is 3. The van der Waals surface area contributed by atoms with Gasteiger partial charge in [-0.2, -0.15) is 0 Å². The lowest BCUT2D eigenvalue weighted by molar-refractivity contribution is -0.207. The second kappa shape index (κ2) is 19.8. The van der Waals surface area contributed by atoms with E-state index in [1.165, 1.54) is 0 Å². The van der Waals surface area contributed by atoms with Gasteiger partial charge in [-0.1, -0.05) is 149 Å². The lowest BCUT2D eigenvalue weighted by Crippen LogP contribution is -2.67. The molecule has 0 aliphatic heterocycles. The SMILES string of the molecule is C=C[C@]1(C)C[C@@H](OC(=O)CO)[C@@]2(C)C3C(=O)CC[C@]3(CC[C@H]2C)[C@@H](C)[C@@H]1O.C=C[C@]1(C)C[C@@H](OC(=O)CO[Si](c2ccccc2)(c2ccccc2)C(C)(C)C)[C@@]2(C)C3C(=O)CC[C@]3(CC[C@H]2C)[C@@H](C)[C@@H]1O. The molecule has 8 rings (SSSR count). The van der Waals surface area contributed by atoms with E-state index >= 15 is 0 Å². The molecule has 6 saturated carbocycles. The zero-order valence-corrected chi connectivity index (χ0v) is 45.8. The first-order chi connectivity index (χ1) is 33.2. The normalized spacial score (nSPS) is 41.0. The number of aliphatic hydroxyl groups is 3. The Balaban J connectivity index is 0.000000235. The first-order valence-corrected chi connectivity index (χ1v) is 28.6. The fourth-order valence-electron chi connectivity index (χ4n) is 16.3. The van der Waals surface area contributed by atoms with Crippen molar-refractivity contribution in [3.8, 4) is 0 Å². The molecule has 71 heavy (non-hydrogen) atoms. The van der Waals surface area contributed by atoms with Crippen LogP contribution in [0.2, 0.25) is 5.04 Å². The van der Waals surface area contributed by atoms with E-state index in [4.69, 9.17) is 13.9 Å². The number of ether oxygens (including phenoxy) is 2. The maximum Gasteiger partial charge on any atom is 0.332 e. The fourth-order valence-corrected chi connectivity index (χ4v) is 20.8. The molecule has 11 heteroatoms. The smallest absolute Gasteiger partial charge is 0.332 e. The predicted octanol–water partition coefficient (Wildman–Crippen LogP) is 9.35. The van der Waals surface area contributed by atoms with Gasteiger partial charge in [0.1, 0.15) is 37.0 Å². The standard InChI is InChI=1S/C38H52O5Si.C22H34O5/c1-9-36(7)24-31(37(8)26(2)20-22-38(27(3)34(36)41)23-21-30(39)33(37)38)43-32(40)25-42-44(35(4,5)6,28-16-12-10-13-17-28)29-18-14-11-15-19-29;1-6-20(4)11-16(27-17(25)12-23)21(5)13(2)7-9-22(14(3)19(20)26)10-8-15(24)18(21)22/h9-19,26-27,31,33-34,41H,1,20-25H2,2-8H3;6,13-14,16,18-19,23,26H,1,7-12H2,2-5H3/t26-,27+,31-,33?,34+,36-,37+,38-;13-,14+,16-,18?,19+,20-,21+,22-/m11/s1. The Bertz CT molecular complexity index is 2270. The Kier molecular flexibility index (Phi) is 15.4. The molecule has 0 spiro atoms. The minimum absolute atomic E-state index is 0.0433. The van der Waals surface area contributed by atoms with Crippen molar-refractivity contribution in [3.63, 3.8) is 0 Å². The summed E-state index contributed by atoms with van der Waals surface area (Å²) in [7, 11) is -2.95. The van der Waals surface area contributed by atoms with Gasteiger partial charge in [0.25, 0.3) is 8.32 Å². The average molecular weight is 995 g/mol. The number of ketones is 2. The number of carbonyl (C=O) groups is 4. The van der Waals surface area contributed by atoms with Crippen molar-refractivity contribution in [1.29, 1.82) is 0 Å². The summed E-state index contributed by atoms with van der Waals surface area (Å²) in [6, 6.07) is 20.6. The zero-order valence-electron chi connectivity index (χ0n) is 44.8. The van der Waals surface area contributed by atoms with Gasteiger partial charge in [0.05, 0.1) is 12.2 Å². The molecule has 2 aromatic carbocycles.